The highest BCUT2D eigenvalue weighted by Gasteiger charge is 2.02. The van der Waals surface area contributed by atoms with E-state index in [9.17, 15) is 0 Å². The third-order valence-electron chi connectivity index (χ3n) is 2.84. The maximum Gasteiger partial charge on any atom is 0.0431 e. The maximum atomic E-state index is 8.84. The zero-order chi connectivity index (χ0) is 15.1. The molecule has 0 aliphatic heterocycles. The number of hydrogen-bond donors (Lipinski definition) is 2. The predicted octanol–water partition coefficient (Wildman–Crippen LogP) is 3.98. The van der Waals surface area contributed by atoms with Crippen LogP contribution in [0.5, 0.6) is 0 Å². The van der Waals surface area contributed by atoms with E-state index in [1.165, 1.54) is 0 Å². The highest BCUT2D eigenvalue weighted by atomic mass is 16.2. The van der Waals surface area contributed by atoms with Gasteiger partial charge in [-0.1, -0.05) is 39.5 Å². The van der Waals surface area contributed by atoms with E-state index < -0.39 is 0 Å². The Morgan fingerprint density at radius 1 is 1.29 bits per heavy atom. The van der Waals surface area contributed by atoms with Gasteiger partial charge in [0.05, 0.1) is 0 Å². The molecule has 0 aliphatic carbocycles. The van der Waals surface area contributed by atoms with Crippen LogP contribution in [0.4, 0.5) is 0 Å². The summed E-state index contributed by atoms with van der Waals surface area (Å²) in [6, 6.07) is 6.42. The normalized spacial score (nSPS) is 11.4. The molecule has 1 unspecified atom stereocenters. The average molecular weight is 294 g/mol. The summed E-state index contributed by atoms with van der Waals surface area (Å²) in [7, 11) is 0. The zero-order valence-electron chi connectivity index (χ0n) is 13.2. The van der Waals surface area contributed by atoms with Crippen LogP contribution in [0.1, 0.15) is 53.2 Å². The van der Waals surface area contributed by atoms with Crippen molar-refractivity contribution in [3.05, 3.63) is 42.2 Å². The van der Waals surface area contributed by atoms with Crippen LogP contribution in [0, 0.1) is 0 Å². The van der Waals surface area contributed by atoms with Crippen molar-refractivity contribution in [3.8, 4) is 0 Å². The van der Waals surface area contributed by atoms with Crippen molar-refractivity contribution in [1.29, 1.82) is 0 Å². The number of aliphatic hydroxyl groups is 1. The molecule has 1 aromatic rings. The Labute approximate surface area is 131 Å². The first kappa shape index (κ1) is 22.1. The monoisotopic (exact) mass is 294 g/mol. The van der Waals surface area contributed by atoms with E-state index in [4.69, 9.17) is 5.11 Å². The molecule has 0 aliphatic rings. The minimum absolute atomic E-state index is 0. The first-order valence-corrected chi connectivity index (χ1v) is 7.73. The van der Waals surface area contributed by atoms with Crippen molar-refractivity contribution in [1.82, 2.24) is 10.3 Å². The van der Waals surface area contributed by atoms with Gasteiger partial charge in [-0.05, 0) is 51.3 Å². The third-order valence-corrected chi connectivity index (χ3v) is 2.84. The second-order valence-electron chi connectivity index (χ2n) is 4.38. The number of nitrogens with one attached hydrogen (secondary N) is 1. The fourth-order valence-electron chi connectivity index (χ4n) is 1.91. The van der Waals surface area contributed by atoms with Gasteiger partial charge in [-0.15, -0.1) is 0 Å². The summed E-state index contributed by atoms with van der Waals surface area (Å²) in [6.45, 7) is 7.28. The molecule has 0 saturated heterocycles. The lowest BCUT2D eigenvalue weighted by molar-refractivity contribution is 0.279. The molecule has 0 amide bonds. The Kier molecular flexibility index (Phi) is 17.7. The number of aryl methyl sites for hydroxylation is 1. The summed E-state index contributed by atoms with van der Waals surface area (Å²) in [5, 5.41) is 12.3. The summed E-state index contributed by atoms with van der Waals surface area (Å²) in [5.74, 6) is 0. The van der Waals surface area contributed by atoms with Crippen molar-refractivity contribution in [2.24, 2.45) is 0 Å². The van der Waals surface area contributed by atoms with E-state index in [2.05, 4.69) is 28.5 Å². The molecule has 0 bridgehead atoms. The van der Waals surface area contributed by atoms with Crippen molar-refractivity contribution < 1.29 is 5.11 Å². The SMILES string of the molecule is C.C/C=C\C(CCCO)NCCCc1ccccn1.CC. The summed E-state index contributed by atoms with van der Waals surface area (Å²) in [6.07, 6.45) is 10.0. The second kappa shape index (κ2) is 16.9. The lowest BCUT2D eigenvalue weighted by Crippen LogP contribution is -2.28. The van der Waals surface area contributed by atoms with E-state index >= 15 is 0 Å². The van der Waals surface area contributed by atoms with Crippen molar-refractivity contribution in [2.45, 2.75) is 59.9 Å². The van der Waals surface area contributed by atoms with Gasteiger partial charge in [0, 0.05) is 24.5 Å². The van der Waals surface area contributed by atoms with Gasteiger partial charge in [0.15, 0.2) is 0 Å². The third kappa shape index (κ3) is 12.3. The lowest BCUT2D eigenvalue weighted by Gasteiger charge is -2.14. The molecule has 0 radical (unpaired) electrons. The van der Waals surface area contributed by atoms with Gasteiger partial charge in [0.2, 0.25) is 0 Å². The van der Waals surface area contributed by atoms with E-state index in [0.717, 1.165) is 37.9 Å². The number of aliphatic hydroxyl groups excluding tert-OH is 1. The van der Waals surface area contributed by atoms with E-state index in [-0.39, 0.29) is 14.0 Å². The van der Waals surface area contributed by atoms with Crippen LogP contribution in [-0.4, -0.2) is 29.3 Å². The topological polar surface area (TPSA) is 45.1 Å². The van der Waals surface area contributed by atoms with Gasteiger partial charge in [-0.3, -0.25) is 4.98 Å². The molecule has 21 heavy (non-hydrogen) atoms. The van der Waals surface area contributed by atoms with E-state index in [1.54, 1.807) is 0 Å². The molecule has 122 valence electrons. The Balaban J connectivity index is 0. The predicted molar refractivity (Wildman–Crippen MR) is 93.6 cm³/mol. The number of pyridine rings is 1. The molecular formula is C18H34N2O. The van der Waals surface area contributed by atoms with E-state index in [0.29, 0.717) is 6.04 Å². The van der Waals surface area contributed by atoms with Crippen LogP contribution in [-0.2, 0) is 6.42 Å². The first-order valence-electron chi connectivity index (χ1n) is 7.73. The highest BCUT2D eigenvalue weighted by Crippen LogP contribution is 2.01. The van der Waals surface area contributed by atoms with Crippen LogP contribution in [0.3, 0.4) is 0 Å². The quantitative estimate of drug-likeness (QED) is 0.535. The van der Waals surface area contributed by atoms with Gasteiger partial charge < -0.3 is 10.4 Å². The van der Waals surface area contributed by atoms with Gasteiger partial charge in [0.1, 0.15) is 0 Å². The molecule has 0 fully saturated rings. The molecule has 0 spiro atoms. The molecule has 0 aromatic carbocycles. The zero-order valence-corrected chi connectivity index (χ0v) is 13.2. The fourth-order valence-corrected chi connectivity index (χ4v) is 1.91. The first-order chi connectivity index (χ1) is 9.86. The number of hydrogen-bond acceptors (Lipinski definition) is 3. The van der Waals surface area contributed by atoms with Gasteiger partial charge in [-0.25, -0.2) is 0 Å². The van der Waals surface area contributed by atoms with E-state index in [1.807, 2.05) is 39.1 Å². The minimum atomic E-state index is 0. The van der Waals surface area contributed by atoms with Gasteiger partial charge >= 0.3 is 0 Å². The number of aromatic nitrogens is 1. The Morgan fingerprint density at radius 2 is 2.05 bits per heavy atom. The van der Waals surface area contributed by atoms with Crippen LogP contribution >= 0.6 is 0 Å². The number of allylic oxidation sites excluding steroid dienone is 1. The van der Waals surface area contributed by atoms with Crippen LogP contribution in [0.2, 0.25) is 0 Å². The molecule has 3 heteroatoms. The van der Waals surface area contributed by atoms with Crippen molar-refractivity contribution in [2.75, 3.05) is 13.2 Å². The molecule has 1 atom stereocenters. The number of nitrogens with zero attached hydrogens (tertiary/aromatic N) is 1. The Bertz CT molecular complexity index is 325. The van der Waals surface area contributed by atoms with Gasteiger partial charge in [0.25, 0.3) is 0 Å². The maximum absolute atomic E-state index is 8.84. The molecule has 2 N–H and O–H groups in total. The average Bonchev–Trinajstić information content (AvgIpc) is 2.52. The summed E-state index contributed by atoms with van der Waals surface area (Å²) < 4.78 is 0. The summed E-state index contributed by atoms with van der Waals surface area (Å²) >= 11 is 0. The van der Waals surface area contributed by atoms with Crippen molar-refractivity contribution >= 4 is 0 Å². The molecule has 1 heterocycles. The Morgan fingerprint density at radius 3 is 2.62 bits per heavy atom. The van der Waals surface area contributed by atoms with Gasteiger partial charge in [-0.2, -0.15) is 0 Å². The summed E-state index contributed by atoms with van der Waals surface area (Å²) in [4.78, 5) is 4.31. The smallest absolute Gasteiger partial charge is 0.0431 e. The minimum Gasteiger partial charge on any atom is -0.396 e. The lowest BCUT2D eigenvalue weighted by atomic mass is 10.1. The summed E-state index contributed by atoms with van der Waals surface area (Å²) in [5.41, 5.74) is 1.15. The number of rotatable bonds is 9. The highest BCUT2D eigenvalue weighted by molar-refractivity contribution is 5.03. The second-order valence-corrected chi connectivity index (χ2v) is 4.38. The largest absolute Gasteiger partial charge is 0.396 e. The molecule has 3 nitrogen and oxygen atoms in total. The van der Waals surface area contributed by atoms with Crippen LogP contribution < -0.4 is 5.32 Å². The molecule has 1 rings (SSSR count). The Hall–Kier alpha value is -1.19. The molecule has 0 saturated carbocycles. The standard InChI is InChI=1S/C15H24N2O.C2H6.CH4/c1-2-7-14(10-6-13-18)17-12-5-9-15-8-3-4-11-16-15;1-2;/h2-4,7-8,11,14,17-18H,5-6,9-10,12-13H2,1H3;1-2H3;1H4/b7-2-;;. The fraction of sp³-hybridized carbons (Fsp3) is 0.611. The molecule has 1 aromatic heterocycles. The van der Waals surface area contributed by atoms with Crippen LogP contribution in [0.25, 0.3) is 0 Å². The molecular weight excluding hydrogens is 260 g/mol. The van der Waals surface area contributed by atoms with Crippen molar-refractivity contribution in [3.63, 3.8) is 0 Å². The van der Waals surface area contributed by atoms with Crippen LogP contribution in [0.15, 0.2) is 36.5 Å².